The van der Waals surface area contributed by atoms with Crippen LogP contribution in [-0.4, -0.2) is 15.0 Å². The third kappa shape index (κ3) is 1.99. The summed E-state index contributed by atoms with van der Waals surface area (Å²) in [7, 11) is 0. The second-order valence-electron chi connectivity index (χ2n) is 2.35. The molecule has 0 unspecified atom stereocenters. The second-order valence-corrected chi connectivity index (χ2v) is 2.35. The van der Waals surface area contributed by atoms with E-state index in [1.165, 1.54) is 0 Å². The van der Waals surface area contributed by atoms with Crippen LogP contribution in [0.2, 0.25) is 0 Å². The molecule has 0 aliphatic rings. The summed E-state index contributed by atoms with van der Waals surface area (Å²) in [6.07, 6.45) is 5.08. The Labute approximate surface area is 77.9 Å². The molecule has 0 N–H and O–H groups in total. The standard InChI is InChI=1S/C8H7N3.C2H6/c1-6-7-4-9-3-2-8(7)11-5-10-6;1-2/h2-5H,1H3;1-2H3. The van der Waals surface area contributed by atoms with Crippen molar-refractivity contribution in [2.45, 2.75) is 20.8 Å². The molecule has 0 spiro atoms. The van der Waals surface area contributed by atoms with Crippen molar-refractivity contribution in [2.75, 3.05) is 0 Å². The zero-order chi connectivity index (χ0) is 9.68. The molecular formula is C10H13N3. The maximum Gasteiger partial charge on any atom is 0.116 e. The van der Waals surface area contributed by atoms with E-state index in [0.29, 0.717) is 0 Å². The van der Waals surface area contributed by atoms with Crippen molar-refractivity contribution in [3.8, 4) is 0 Å². The monoisotopic (exact) mass is 175 g/mol. The summed E-state index contributed by atoms with van der Waals surface area (Å²) >= 11 is 0. The first kappa shape index (κ1) is 9.58. The zero-order valence-corrected chi connectivity index (χ0v) is 8.15. The molecule has 3 heteroatoms. The molecule has 0 atom stereocenters. The van der Waals surface area contributed by atoms with Crippen LogP contribution >= 0.6 is 0 Å². The van der Waals surface area contributed by atoms with Crippen LogP contribution in [0.5, 0.6) is 0 Å². The first-order valence-electron chi connectivity index (χ1n) is 4.39. The van der Waals surface area contributed by atoms with Gasteiger partial charge in [-0.15, -0.1) is 0 Å². The van der Waals surface area contributed by atoms with Gasteiger partial charge in [0.05, 0.1) is 11.2 Å². The average Bonchev–Trinajstić information content (AvgIpc) is 2.22. The molecule has 0 bridgehead atoms. The summed E-state index contributed by atoms with van der Waals surface area (Å²) in [6, 6.07) is 1.88. The quantitative estimate of drug-likeness (QED) is 0.617. The van der Waals surface area contributed by atoms with Gasteiger partial charge in [-0.2, -0.15) is 0 Å². The molecule has 0 aliphatic carbocycles. The number of rotatable bonds is 0. The van der Waals surface area contributed by atoms with Crippen LogP contribution in [-0.2, 0) is 0 Å². The van der Waals surface area contributed by atoms with Gasteiger partial charge in [-0.1, -0.05) is 13.8 Å². The maximum absolute atomic E-state index is 4.09. The lowest BCUT2D eigenvalue weighted by Gasteiger charge is -1.96. The summed E-state index contributed by atoms with van der Waals surface area (Å²) in [5.74, 6) is 0. The highest BCUT2D eigenvalue weighted by Gasteiger charge is 1.95. The van der Waals surface area contributed by atoms with Crippen molar-refractivity contribution in [3.05, 3.63) is 30.5 Å². The van der Waals surface area contributed by atoms with Gasteiger partial charge < -0.3 is 0 Å². The van der Waals surface area contributed by atoms with Crippen molar-refractivity contribution < 1.29 is 0 Å². The molecule has 0 aromatic carbocycles. The summed E-state index contributed by atoms with van der Waals surface area (Å²) in [5, 5.41) is 1.02. The van der Waals surface area contributed by atoms with Gasteiger partial charge in [0.25, 0.3) is 0 Å². The van der Waals surface area contributed by atoms with E-state index >= 15 is 0 Å². The van der Waals surface area contributed by atoms with E-state index in [1.54, 1.807) is 18.7 Å². The van der Waals surface area contributed by atoms with Gasteiger partial charge in [0.1, 0.15) is 6.33 Å². The Morgan fingerprint density at radius 1 is 1.15 bits per heavy atom. The van der Waals surface area contributed by atoms with Crippen LogP contribution in [0.3, 0.4) is 0 Å². The van der Waals surface area contributed by atoms with E-state index in [1.807, 2.05) is 26.8 Å². The Hall–Kier alpha value is -1.51. The molecule has 0 amide bonds. The minimum atomic E-state index is 0.951. The fraction of sp³-hybridized carbons (Fsp3) is 0.300. The highest BCUT2D eigenvalue weighted by Crippen LogP contribution is 2.10. The van der Waals surface area contributed by atoms with E-state index in [2.05, 4.69) is 15.0 Å². The van der Waals surface area contributed by atoms with Crippen molar-refractivity contribution >= 4 is 10.9 Å². The molecule has 2 aromatic rings. The lowest BCUT2D eigenvalue weighted by atomic mass is 10.2. The van der Waals surface area contributed by atoms with Crippen molar-refractivity contribution in [3.63, 3.8) is 0 Å². The van der Waals surface area contributed by atoms with Gasteiger partial charge in [0.15, 0.2) is 0 Å². The summed E-state index contributed by atoms with van der Waals surface area (Å²) in [5.41, 5.74) is 1.93. The first-order chi connectivity index (χ1) is 6.38. The molecule has 13 heavy (non-hydrogen) atoms. The van der Waals surface area contributed by atoms with Gasteiger partial charge in [0.2, 0.25) is 0 Å². The molecule has 2 heterocycles. The predicted molar refractivity (Wildman–Crippen MR) is 53.4 cm³/mol. The highest BCUT2D eigenvalue weighted by molar-refractivity contribution is 5.78. The Balaban J connectivity index is 0.000000396. The average molecular weight is 175 g/mol. The molecule has 0 radical (unpaired) electrons. The minimum absolute atomic E-state index is 0.951. The molecule has 2 aromatic heterocycles. The smallest absolute Gasteiger partial charge is 0.116 e. The van der Waals surface area contributed by atoms with Crippen LogP contribution in [0.25, 0.3) is 10.9 Å². The van der Waals surface area contributed by atoms with Crippen LogP contribution < -0.4 is 0 Å². The SMILES string of the molecule is CC.Cc1ncnc2ccncc12. The Bertz CT molecular complexity index is 379. The van der Waals surface area contributed by atoms with Crippen LogP contribution in [0.4, 0.5) is 0 Å². The molecule has 0 saturated carbocycles. The highest BCUT2D eigenvalue weighted by atomic mass is 14.8. The fourth-order valence-corrected chi connectivity index (χ4v) is 1.03. The molecule has 68 valence electrons. The zero-order valence-electron chi connectivity index (χ0n) is 8.15. The van der Waals surface area contributed by atoms with Gasteiger partial charge >= 0.3 is 0 Å². The third-order valence-electron chi connectivity index (χ3n) is 1.64. The number of pyridine rings is 1. The van der Waals surface area contributed by atoms with E-state index in [-0.39, 0.29) is 0 Å². The first-order valence-corrected chi connectivity index (χ1v) is 4.39. The van der Waals surface area contributed by atoms with E-state index < -0.39 is 0 Å². The summed E-state index contributed by atoms with van der Waals surface area (Å²) in [6.45, 7) is 5.95. The van der Waals surface area contributed by atoms with Gasteiger partial charge in [-0.3, -0.25) is 4.98 Å². The molecule has 3 nitrogen and oxygen atoms in total. The Morgan fingerprint density at radius 3 is 2.62 bits per heavy atom. The molecular weight excluding hydrogens is 162 g/mol. The van der Waals surface area contributed by atoms with Crippen LogP contribution in [0.15, 0.2) is 24.8 Å². The fourth-order valence-electron chi connectivity index (χ4n) is 1.03. The second kappa shape index (κ2) is 4.50. The van der Waals surface area contributed by atoms with Gasteiger partial charge in [0, 0.05) is 17.8 Å². The third-order valence-corrected chi connectivity index (χ3v) is 1.64. The lowest BCUT2D eigenvalue weighted by Crippen LogP contribution is -1.86. The number of nitrogens with zero attached hydrogens (tertiary/aromatic N) is 3. The maximum atomic E-state index is 4.09. The predicted octanol–water partition coefficient (Wildman–Crippen LogP) is 2.36. The lowest BCUT2D eigenvalue weighted by molar-refractivity contribution is 1.14. The largest absolute Gasteiger partial charge is 0.264 e. The minimum Gasteiger partial charge on any atom is -0.264 e. The van der Waals surface area contributed by atoms with Crippen molar-refractivity contribution in [1.82, 2.24) is 15.0 Å². The van der Waals surface area contributed by atoms with E-state index in [0.717, 1.165) is 16.6 Å². The topological polar surface area (TPSA) is 38.7 Å². The molecule has 2 rings (SSSR count). The van der Waals surface area contributed by atoms with E-state index in [4.69, 9.17) is 0 Å². The van der Waals surface area contributed by atoms with Gasteiger partial charge in [-0.05, 0) is 13.0 Å². The number of hydrogen-bond donors (Lipinski definition) is 0. The number of hydrogen-bond acceptors (Lipinski definition) is 3. The number of fused-ring (bicyclic) bond motifs is 1. The van der Waals surface area contributed by atoms with Crippen molar-refractivity contribution in [2.24, 2.45) is 0 Å². The number of aryl methyl sites for hydroxylation is 1. The van der Waals surface area contributed by atoms with Crippen LogP contribution in [0, 0.1) is 6.92 Å². The Morgan fingerprint density at radius 2 is 1.92 bits per heavy atom. The summed E-state index contributed by atoms with van der Waals surface area (Å²) < 4.78 is 0. The Kier molecular flexibility index (Phi) is 3.31. The number of aromatic nitrogens is 3. The van der Waals surface area contributed by atoms with E-state index in [9.17, 15) is 0 Å². The van der Waals surface area contributed by atoms with Crippen molar-refractivity contribution in [1.29, 1.82) is 0 Å². The molecule has 0 saturated heterocycles. The normalized spacial score (nSPS) is 9.15. The molecule has 0 fully saturated rings. The molecule has 0 aliphatic heterocycles. The summed E-state index contributed by atoms with van der Waals surface area (Å²) in [4.78, 5) is 12.1. The van der Waals surface area contributed by atoms with Gasteiger partial charge in [-0.25, -0.2) is 9.97 Å². The van der Waals surface area contributed by atoms with Crippen LogP contribution in [0.1, 0.15) is 19.5 Å².